The third-order valence-corrected chi connectivity index (χ3v) is 6.47. The quantitative estimate of drug-likeness (QED) is 0.281. The Balaban J connectivity index is 1.50. The number of esters is 1. The number of aryl methyl sites for hydroxylation is 1. The highest BCUT2D eigenvalue weighted by molar-refractivity contribution is 7.17. The van der Waals surface area contributed by atoms with E-state index < -0.39 is 5.97 Å². The van der Waals surface area contributed by atoms with E-state index in [2.05, 4.69) is 10.4 Å². The number of thiophene rings is 1. The fraction of sp³-hybridized carbons (Fsp3) is 0.107. The molecule has 35 heavy (non-hydrogen) atoms. The second-order valence-electron chi connectivity index (χ2n) is 8.09. The van der Waals surface area contributed by atoms with E-state index in [9.17, 15) is 9.59 Å². The Morgan fingerprint density at radius 3 is 2.69 bits per heavy atom. The molecule has 6 nitrogen and oxygen atoms in total. The molecule has 0 atom stereocenters. The number of aromatic nitrogens is 2. The SMILES string of the molecule is CCOC(=O)c1cc(-c2cccc(NC(=O)c3ccc4sccc4c3)c2)n(-c2cccc(C)c2)n1. The maximum absolute atomic E-state index is 12.9. The van der Waals surface area contributed by atoms with Gasteiger partial charge in [0.15, 0.2) is 5.69 Å². The lowest BCUT2D eigenvalue weighted by atomic mass is 10.1. The summed E-state index contributed by atoms with van der Waals surface area (Å²) in [5.41, 5.74) is 4.89. The van der Waals surface area contributed by atoms with Gasteiger partial charge >= 0.3 is 5.97 Å². The number of carbonyl (C=O) groups excluding carboxylic acids is 2. The van der Waals surface area contributed by atoms with Gasteiger partial charge in [0.1, 0.15) is 0 Å². The first-order valence-electron chi connectivity index (χ1n) is 11.2. The Labute approximate surface area is 206 Å². The second-order valence-corrected chi connectivity index (χ2v) is 9.04. The van der Waals surface area contributed by atoms with Gasteiger partial charge in [-0.05, 0) is 84.8 Å². The number of carbonyl (C=O) groups is 2. The summed E-state index contributed by atoms with van der Waals surface area (Å²) in [4.78, 5) is 25.4. The minimum absolute atomic E-state index is 0.186. The molecule has 5 aromatic rings. The van der Waals surface area contributed by atoms with Crippen molar-refractivity contribution in [2.45, 2.75) is 13.8 Å². The van der Waals surface area contributed by atoms with E-state index in [1.54, 1.807) is 29.0 Å². The van der Waals surface area contributed by atoms with E-state index in [1.165, 1.54) is 0 Å². The Hall–Kier alpha value is -4.23. The number of nitrogens with zero attached hydrogens (tertiary/aromatic N) is 2. The van der Waals surface area contributed by atoms with Crippen LogP contribution in [-0.4, -0.2) is 28.3 Å². The normalized spacial score (nSPS) is 10.9. The molecule has 2 aromatic heterocycles. The molecular formula is C28H23N3O3S. The topological polar surface area (TPSA) is 73.2 Å². The van der Waals surface area contributed by atoms with Crippen LogP contribution in [0.15, 0.2) is 84.2 Å². The van der Waals surface area contributed by atoms with Gasteiger partial charge in [-0.3, -0.25) is 4.79 Å². The molecule has 0 fully saturated rings. The van der Waals surface area contributed by atoms with Crippen molar-refractivity contribution in [2.24, 2.45) is 0 Å². The number of rotatable bonds is 6. The molecule has 174 valence electrons. The molecule has 0 saturated carbocycles. The number of fused-ring (bicyclic) bond motifs is 1. The second kappa shape index (κ2) is 9.56. The third kappa shape index (κ3) is 4.72. The highest BCUT2D eigenvalue weighted by atomic mass is 32.1. The highest BCUT2D eigenvalue weighted by Crippen LogP contribution is 2.28. The van der Waals surface area contributed by atoms with Crippen LogP contribution in [0.25, 0.3) is 27.0 Å². The highest BCUT2D eigenvalue weighted by Gasteiger charge is 2.18. The minimum Gasteiger partial charge on any atom is -0.461 e. The number of hydrogen-bond donors (Lipinski definition) is 1. The molecule has 3 aromatic carbocycles. The maximum atomic E-state index is 12.9. The number of anilines is 1. The van der Waals surface area contributed by atoms with Crippen LogP contribution in [0.1, 0.15) is 33.3 Å². The van der Waals surface area contributed by atoms with Crippen molar-refractivity contribution >= 4 is 39.0 Å². The van der Waals surface area contributed by atoms with E-state index >= 15 is 0 Å². The molecule has 0 aliphatic heterocycles. The molecule has 0 bridgehead atoms. The molecule has 0 saturated heterocycles. The van der Waals surface area contributed by atoms with Crippen molar-refractivity contribution < 1.29 is 14.3 Å². The summed E-state index contributed by atoms with van der Waals surface area (Å²) in [6.07, 6.45) is 0. The smallest absolute Gasteiger partial charge is 0.358 e. The molecule has 2 heterocycles. The van der Waals surface area contributed by atoms with Crippen LogP contribution in [-0.2, 0) is 4.74 Å². The molecule has 0 aliphatic rings. The van der Waals surface area contributed by atoms with E-state index in [0.29, 0.717) is 11.3 Å². The Bertz CT molecular complexity index is 1550. The van der Waals surface area contributed by atoms with Gasteiger partial charge in [-0.1, -0.05) is 24.3 Å². The summed E-state index contributed by atoms with van der Waals surface area (Å²) in [5.74, 6) is -0.664. The molecule has 1 N–H and O–H groups in total. The van der Waals surface area contributed by atoms with Gasteiger partial charge in [-0.15, -0.1) is 11.3 Å². The average Bonchev–Trinajstić information content (AvgIpc) is 3.51. The van der Waals surface area contributed by atoms with Crippen LogP contribution in [0.2, 0.25) is 0 Å². The summed E-state index contributed by atoms with van der Waals surface area (Å²) in [6, 6.07) is 24.8. The Morgan fingerprint density at radius 1 is 1.00 bits per heavy atom. The van der Waals surface area contributed by atoms with Crippen LogP contribution in [0.3, 0.4) is 0 Å². The first-order valence-corrected chi connectivity index (χ1v) is 12.1. The predicted octanol–water partition coefficient (Wildman–Crippen LogP) is 6.49. The van der Waals surface area contributed by atoms with Crippen LogP contribution >= 0.6 is 11.3 Å². The summed E-state index contributed by atoms with van der Waals surface area (Å²) in [7, 11) is 0. The molecule has 0 spiro atoms. The zero-order valence-electron chi connectivity index (χ0n) is 19.3. The van der Waals surface area contributed by atoms with E-state index in [0.717, 1.165) is 32.6 Å². The van der Waals surface area contributed by atoms with E-state index in [-0.39, 0.29) is 18.2 Å². The van der Waals surface area contributed by atoms with Crippen LogP contribution < -0.4 is 5.32 Å². The van der Waals surface area contributed by atoms with Gasteiger partial charge < -0.3 is 10.1 Å². The van der Waals surface area contributed by atoms with E-state index in [4.69, 9.17) is 4.74 Å². The lowest BCUT2D eigenvalue weighted by Crippen LogP contribution is -2.11. The van der Waals surface area contributed by atoms with E-state index in [1.807, 2.05) is 85.1 Å². The maximum Gasteiger partial charge on any atom is 0.358 e. The first-order chi connectivity index (χ1) is 17.0. The van der Waals surface area contributed by atoms with Crippen molar-refractivity contribution in [1.29, 1.82) is 0 Å². The zero-order valence-corrected chi connectivity index (χ0v) is 20.1. The lowest BCUT2D eigenvalue weighted by molar-refractivity contribution is 0.0519. The fourth-order valence-corrected chi connectivity index (χ4v) is 4.69. The Kier molecular flexibility index (Phi) is 6.16. The van der Waals surface area contributed by atoms with Gasteiger partial charge in [-0.2, -0.15) is 5.10 Å². The predicted molar refractivity (Wildman–Crippen MR) is 139 cm³/mol. The van der Waals surface area contributed by atoms with Crippen molar-refractivity contribution in [3.05, 3.63) is 101 Å². The van der Waals surface area contributed by atoms with Gasteiger partial charge in [0, 0.05) is 21.5 Å². The number of hydrogen-bond acceptors (Lipinski definition) is 5. The van der Waals surface area contributed by atoms with Gasteiger partial charge in [0.25, 0.3) is 5.91 Å². The molecule has 0 aliphatic carbocycles. The monoisotopic (exact) mass is 481 g/mol. The largest absolute Gasteiger partial charge is 0.461 e. The summed E-state index contributed by atoms with van der Waals surface area (Å²) in [5, 5.41) is 10.6. The van der Waals surface area contributed by atoms with Gasteiger partial charge in [0.05, 0.1) is 18.0 Å². The van der Waals surface area contributed by atoms with Crippen LogP contribution in [0.5, 0.6) is 0 Å². The summed E-state index contributed by atoms with van der Waals surface area (Å²) >= 11 is 1.65. The standard InChI is InChI=1S/C28H23N3O3S/c1-3-34-28(33)24-17-25(31(30-24)23-9-4-6-18(2)14-23)19-7-5-8-22(16-19)29-27(32)21-10-11-26-20(15-21)12-13-35-26/h4-17H,3H2,1-2H3,(H,29,32). The van der Waals surface area contributed by atoms with Crippen molar-refractivity contribution in [3.63, 3.8) is 0 Å². The zero-order chi connectivity index (χ0) is 24.4. The molecule has 0 unspecified atom stereocenters. The Morgan fingerprint density at radius 2 is 1.86 bits per heavy atom. The molecule has 1 amide bonds. The summed E-state index contributed by atoms with van der Waals surface area (Å²) in [6.45, 7) is 4.03. The average molecular weight is 482 g/mol. The molecule has 0 radical (unpaired) electrons. The molecule has 5 rings (SSSR count). The van der Waals surface area contributed by atoms with Crippen molar-refractivity contribution in [3.8, 4) is 16.9 Å². The minimum atomic E-state index is -0.478. The molecular weight excluding hydrogens is 458 g/mol. The number of nitrogens with one attached hydrogen (secondary N) is 1. The summed E-state index contributed by atoms with van der Waals surface area (Å²) < 4.78 is 8.04. The van der Waals surface area contributed by atoms with Gasteiger partial charge in [0.2, 0.25) is 0 Å². The van der Waals surface area contributed by atoms with Crippen LogP contribution in [0, 0.1) is 6.92 Å². The number of benzene rings is 3. The lowest BCUT2D eigenvalue weighted by Gasteiger charge is -2.11. The van der Waals surface area contributed by atoms with Crippen molar-refractivity contribution in [2.75, 3.05) is 11.9 Å². The number of ether oxygens (including phenoxy) is 1. The first kappa shape index (κ1) is 22.6. The fourth-order valence-electron chi connectivity index (χ4n) is 3.92. The van der Waals surface area contributed by atoms with Gasteiger partial charge in [-0.25, -0.2) is 9.48 Å². The van der Waals surface area contributed by atoms with Crippen LogP contribution in [0.4, 0.5) is 5.69 Å². The third-order valence-electron chi connectivity index (χ3n) is 5.57. The van der Waals surface area contributed by atoms with Crippen molar-refractivity contribution in [1.82, 2.24) is 9.78 Å². The number of amides is 1. The molecule has 7 heteroatoms.